The van der Waals surface area contributed by atoms with E-state index in [1.54, 1.807) is 0 Å². The van der Waals surface area contributed by atoms with Crippen LogP contribution in [0.2, 0.25) is 0 Å². The summed E-state index contributed by atoms with van der Waals surface area (Å²) in [5, 5.41) is 20.4. The lowest BCUT2D eigenvalue weighted by Crippen LogP contribution is -2.00. The van der Waals surface area contributed by atoms with Crippen molar-refractivity contribution in [3.05, 3.63) is 236 Å². The van der Waals surface area contributed by atoms with Gasteiger partial charge in [0, 0.05) is 27.8 Å². The highest BCUT2D eigenvalue weighted by molar-refractivity contribution is 6.15. The average molecular weight is 839 g/mol. The van der Waals surface area contributed by atoms with E-state index in [9.17, 15) is 5.26 Å². The van der Waals surface area contributed by atoms with Gasteiger partial charge in [0.15, 0.2) is 17.5 Å². The van der Waals surface area contributed by atoms with E-state index >= 15 is 0 Å². The number of fused-ring (bicyclic) bond motifs is 6. The molecule has 0 aliphatic heterocycles. The second-order valence-corrected chi connectivity index (χ2v) is 16.6. The largest absolute Gasteiger partial charge is 0.208 e. The normalized spacial score (nSPS) is 11.3. The summed E-state index contributed by atoms with van der Waals surface area (Å²) in [5.74, 6) is 1.84. The maximum Gasteiger partial charge on any atom is 0.164 e. The summed E-state index contributed by atoms with van der Waals surface area (Å²) in [6.45, 7) is 0. The summed E-state index contributed by atoms with van der Waals surface area (Å²) < 4.78 is 0. The Morgan fingerprint density at radius 3 is 1.48 bits per heavy atom. The van der Waals surface area contributed by atoms with Crippen molar-refractivity contribution in [3.63, 3.8) is 0 Å². The lowest BCUT2D eigenvalue weighted by Gasteiger charge is -2.17. The van der Waals surface area contributed by atoms with Crippen molar-refractivity contribution in [1.82, 2.24) is 15.0 Å². The van der Waals surface area contributed by atoms with Crippen molar-refractivity contribution in [2.45, 2.75) is 0 Å². The highest BCUT2D eigenvalue weighted by atomic mass is 15.0. The van der Waals surface area contributed by atoms with Gasteiger partial charge in [-0.1, -0.05) is 218 Å². The van der Waals surface area contributed by atoms with Crippen LogP contribution in [0.4, 0.5) is 0 Å². The highest BCUT2D eigenvalue weighted by Crippen LogP contribution is 2.42. The van der Waals surface area contributed by atoms with Gasteiger partial charge in [-0.2, -0.15) is 5.26 Å². The molecule has 12 aromatic rings. The summed E-state index contributed by atoms with van der Waals surface area (Å²) >= 11 is 0. The zero-order chi connectivity index (χ0) is 44.0. The maximum absolute atomic E-state index is 10.9. The van der Waals surface area contributed by atoms with Crippen LogP contribution in [0.15, 0.2) is 231 Å². The minimum atomic E-state index is 0.600. The monoisotopic (exact) mass is 838 g/mol. The molecule has 0 saturated carbocycles. The second kappa shape index (κ2) is 16.3. The fourth-order valence-electron chi connectivity index (χ4n) is 9.55. The molecule has 0 saturated heterocycles. The summed E-state index contributed by atoms with van der Waals surface area (Å²) in [7, 11) is 0. The van der Waals surface area contributed by atoms with Gasteiger partial charge in [-0.15, -0.1) is 0 Å². The Hall–Kier alpha value is -9.04. The predicted octanol–water partition coefficient (Wildman–Crippen LogP) is 16.0. The van der Waals surface area contributed by atoms with Gasteiger partial charge in [-0.3, -0.25) is 0 Å². The second-order valence-electron chi connectivity index (χ2n) is 16.6. The molecule has 0 aliphatic rings. The van der Waals surface area contributed by atoms with E-state index in [2.05, 4.69) is 200 Å². The molecule has 4 heteroatoms. The van der Waals surface area contributed by atoms with Crippen molar-refractivity contribution < 1.29 is 0 Å². The number of nitrogens with zero attached hydrogens (tertiary/aromatic N) is 4. The smallest absolute Gasteiger partial charge is 0.164 e. The highest BCUT2D eigenvalue weighted by Gasteiger charge is 2.18. The van der Waals surface area contributed by atoms with Crippen LogP contribution in [-0.2, 0) is 0 Å². The third kappa shape index (κ3) is 6.84. The number of hydrogen-bond acceptors (Lipinski definition) is 4. The fourth-order valence-corrected chi connectivity index (χ4v) is 9.55. The van der Waals surface area contributed by atoms with Gasteiger partial charge in [0.2, 0.25) is 0 Å². The van der Waals surface area contributed by atoms with E-state index in [1.165, 1.54) is 37.7 Å². The first-order valence-electron chi connectivity index (χ1n) is 22.1. The lowest BCUT2D eigenvalue weighted by molar-refractivity contribution is 1.07. The first-order chi connectivity index (χ1) is 32.7. The van der Waals surface area contributed by atoms with E-state index in [-0.39, 0.29) is 0 Å². The molecule has 12 rings (SSSR count). The molecule has 0 amide bonds. The molecular formula is C62H38N4. The van der Waals surface area contributed by atoms with Crippen LogP contribution >= 0.6 is 0 Å². The minimum Gasteiger partial charge on any atom is -0.208 e. The molecule has 66 heavy (non-hydrogen) atoms. The number of nitriles is 1. The molecule has 0 N–H and O–H groups in total. The predicted molar refractivity (Wildman–Crippen MR) is 273 cm³/mol. The maximum atomic E-state index is 10.9. The molecule has 4 nitrogen and oxygen atoms in total. The average Bonchev–Trinajstić information content (AvgIpc) is 3.40. The molecule has 0 radical (unpaired) electrons. The number of aromatic nitrogens is 3. The third-order valence-electron chi connectivity index (χ3n) is 12.8. The molecule has 0 aliphatic carbocycles. The SMILES string of the molecule is N#Cc1c(-c2ccc(-c3cccc(-c4nc(-c5ccccc5)nc(-c5ccc6ccc7ccccc7c6c5)n4)c3)cc2)cccc1-c1ccccc1-c1cccc2ccc3ccccc3c12. The van der Waals surface area contributed by atoms with Gasteiger partial charge in [-0.05, 0) is 88.6 Å². The van der Waals surface area contributed by atoms with E-state index in [0.717, 1.165) is 66.6 Å². The Morgan fingerprint density at radius 1 is 0.273 bits per heavy atom. The van der Waals surface area contributed by atoms with Crippen LogP contribution in [0.5, 0.6) is 0 Å². The topological polar surface area (TPSA) is 62.5 Å². The van der Waals surface area contributed by atoms with Gasteiger partial charge in [-0.25, -0.2) is 15.0 Å². The fraction of sp³-hybridized carbons (Fsp3) is 0. The molecule has 0 unspecified atom stereocenters. The van der Waals surface area contributed by atoms with Crippen LogP contribution in [0, 0.1) is 11.3 Å². The molecule has 0 spiro atoms. The quantitative estimate of drug-likeness (QED) is 0.150. The zero-order valence-electron chi connectivity index (χ0n) is 35.7. The van der Waals surface area contributed by atoms with E-state index in [0.29, 0.717) is 23.0 Å². The number of benzene rings is 11. The van der Waals surface area contributed by atoms with Crippen molar-refractivity contribution in [3.8, 4) is 84.7 Å². The first kappa shape index (κ1) is 38.6. The standard InChI is InChI=1S/C62H38N4/c63-39-58-51(24-12-25-55(58)53-22-8-9-23-54(53)56-26-11-17-45-35-33-42-14-5-7-21-52(42)59(45)56)43-29-27-40(28-30-43)47-18-10-19-48(37-47)61-64-60(46-15-2-1-3-16-46)65-62(66-61)49-36-34-44-32-31-41-13-4-6-20-50(41)57(44)38-49/h1-38H. The van der Waals surface area contributed by atoms with Gasteiger partial charge < -0.3 is 0 Å². The van der Waals surface area contributed by atoms with Gasteiger partial charge >= 0.3 is 0 Å². The van der Waals surface area contributed by atoms with Crippen LogP contribution in [-0.4, -0.2) is 15.0 Å². The van der Waals surface area contributed by atoms with Gasteiger partial charge in [0.1, 0.15) is 6.07 Å². The van der Waals surface area contributed by atoms with Crippen LogP contribution in [0.25, 0.3) is 122 Å². The summed E-state index contributed by atoms with van der Waals surface area (Å²) in [6.07, 6.45) is 0. The molecule has 1 heterocycles. The molecule has 0 atom stereocenters. The van der Waals surface area contributed by atoms with Crippen molar-refractivity contribution in [1.29, 1.82) is 5.26 Å². The minimum absolute atomic E-state index is 0.600. The molecule has 0 fully saturated rings. The number of rotatable bonds is 7. The number of hydrogen-bond donors (Lipinski definition) is 0. The van der Waals surface area contributed by atoms with Crippen molar-refractivity contribution >= 4 is 43.1 Å². The Bertz CT molecular complexity index is 3890. The Balaban J connectivity index is 0.909. The Kier molecular flexibility index (Phi) is 9.51. The first-order valence-corrected chi connectivity index (χ1v) is 22.1. The van der Waals surface area contributed by atoms with Crippen molar-refractivity contribution in [2.24, 2.45) is 0 Å². The molecular weight excluding hydrogens is 801 g/mol. The Morgan fingerprint density at radius 2 is 0.727 bits per heavy atom. The van der Waals surface area contributed by atoms with Gasteiger partial charge in [0.25, 0.3) is 0 Å². The van der Waals surface area contributed by atoms with Gasteiger partial charge in [0.05, 0.1) is 5.56 Å². The molecule has 306 valence electrons. The van der Waals surface area contributed by atoms with Crippen molar-refractivity contribution in [2.75, 3.05) is 0 Å². The van der Waals surface area contributed by atoms with Crippen LogP contribution in [0.1, 0.15) is 5.56 Å². The molecule has 1 aromatic heterocycles. The third-order valence-corrected chi connectivity index (χ3v) is 12.8. The molecule has 0 bridgehead atoms. The Labute approximate surface area is 382 Å². The lowest BCUT2D eigenvalue weighted by atomic mass is 9.86. The van der Waals surface area contributed by atoms with E-state index in [4.69, 9.17) is 15.0 Å². The van der Waals surface area contributed by atoms with E-state index < -0.39 is 0 Å². The summed E-state index contributed by atoms with van der Waals surface area (Å²) in [6, 6.07) is 82.9. The summed E-state index contributed by atoms with van der Waals surface area (Å²) in [5.41, 5.74) is 11.5. The van der Waals surface area contributed by atoms with Crippen LogP contribution < -0.4 is 0 Å². The van der Waals surface area contributed by atoms with E-state index in [1.807, 2.05) is 36.4 Å². The summed E-state index contributed by atoms with van der Waals surface area (Å²) in [4.78, 5) is 15.2. The van der Waals surface area contributed by atoms with Crippen LogP contribution in [0.3, 0.4) is 0 Å². The molecule has 11 aromatic carbocycles. The zero-order valence-corrected chi connectivity index (χ0v) is 35.7.